The van der Waals surface area contributed by atoms with Crippen molar-refractivity contribution in [3.63, 3.8) is 0 Å². The second-order valence-electron chi connectivity index (χ2n) is 4.55. The van der Waals surface area contributed by atoms with E-state index in [1.54, 1.807) is 25.3 Å². The molecule has 1 amide bonds. The van der Waals surface area contributed by atoms with Crippen LogP contribution in [-0.2, 0) is 14.2 Å². The molecule has 3 N–H and O–H groups in total. The number of aryl methyl sites for hydroxylation is 1. The summed E-state index contributed by atoms with van der Waals surface area (Å²) in [6.07, 6.45) is 0. The number of rotatable bonds is 10. The van der Waals surface area contributed by atoms with Gasteiger partial charge in [-0.15, -0.1) is 0 Å². The van der Waals surface area contributed by atoms with Crippen LogP contribution in [0.2, 0.25) is 0 Å². The Morgan fingerprint density at radius 3 is 2.48 bits per heavy atom. The van der Waals surface area contributed by atoms with Crippen LogP contribution >= 0.6 is 0 Å². The number of carbonyl (C=O) groups is 1. The van der Waals surface area contributed by atoms with Crippen molar-refractivity contribution in [3.8, 4) is 0 Å². The van der Waals surface area contributed by atoms with Gasteiger partial charge in [0.2, 0.25) is 0 Å². The number of nitrogen functional groups attached to an aromatic ring is 1. The molecule has 0 fully saturated rings. The summed E-state index contributed by atoms with van der Waals surface area (Å²) in [5, 5.41) is 2.80. The largest absolute Gasteiger partial charge is 0.399 e. The van der Waals surface area contributed by atoms with E-state index < -0.39 is 0 Å². The molecule has 1 aromatic carbocycles. The van der Waals surface area contributed by atoms with Gasteiger partial charge in [-0.25, -0.2) is 0 Å². The number of methoxy groups -OCH3 is 1. The minimum Gasteiger partial charge on any atom is -0.399 e. The van der Waals surface area contributed by atoms with Crippen LogP contribution in [0.5, 0.6) is 0 Å². The minimum atomic E-state index is -0.118. The van der Waals surface area contributed by atoms with Crippen molar-refractivity contribution < 1.29 is 19.0 Å². The highest BCUT2D eigenvalue weighted by molar-refractivity contribution is 5.95. The second kappa shape index (κ2) is 10.1. The van der Waals surface area contributed by atoms with Gasteiger partial charge in [-0.2, -0.15) is 0 Å². The zero-order chi connectivity index (χ0) is 15.5. The normalized spacial score (nSPS) is 10.6. The van der Waals surface area contributed by atoms with Crippen molar-refractivity contribution in [2.75, 3.05) is 52.4 Å². The molecular formula is C15H24N2O4. The maximum atomic E-state index is 11.9. The lowest BCUT2D eigenvalue weighted by molar-refractivity contribution is 0.0255. The van der Waals surface area contributed by atoms with E-state index in [4.69, 9.17) is 19.9 Å². The number of carbonyl (C=O) groups excluding carboxylic acids is 1. The molecule has 21 heavy (non-hydrogen) atoms. The topological polar surface area (TPSA) is 82.8 Å². The maximum absolute atomic E-state index is 11.9. The number of amides is 1. The van der Waals surface area contributed by atoms with E-state index in [1.165, 1.54) is 0 Å². The highest BCUT2D eigenvalue weighted by atomic mass is 16.5. The van der Waals surface area contributed by atoms with Crippen molar-refractivity contribution in [3.05, 3.63) is 29.3 Å². The molecule has 6 heteroatoms. The third kappa shape index (κ3) is 7.08. The maximum Gasteiger partial charge on any atom is 0.251 e. The van der Waals surface area contributed by atoms with Crippen LogP contribution in [0.1, 0.15) is 15.9 Å². The van der Waals surface area contributed by atoms with Crippen LogP contribution in [0.25, 0.3) is 0 Å². The third-order valence-electron chi connectivity index (χ3n) is 2.83. The quantitative estimate of drug-likeness (QED) is 0.497. The molecule has 6 nitrogen and oxygen atoms in total. The van der Waals surface area contributed by atoms with Crippen LogP contribution in [0.15, 0.2) is 18.2 Å². The average Bonchev–Trinajstić information content (AvgIpc) is 2.45. The number of anilines is 1. The Labute approximate surface area is 125 Å². The molecule has 0 aliphatic rings. The molecule has 0 bridgehead atoms. The van der Waals surface area contributed by atoms with Gasteiger partial charge in [0.1, 0.15) is 0 Å². The van der Waals surface area contributed by atoms with Gasteiger partial charge in [0, 0.05) is 24.9 Å². The molecule has 0 heterocycles. The lowest BCUT2D eigenvalue weighted by atomic mass is 10.1. The van der Waals surface area contributed by atoms with E-state index in [-0.39, 0.29) is 5.91 Å². The van der Waals surface area contributed by atoms with E-state index in [2.05, 4.69) is 5.32 Å². The van der Waals surface area contributed by atoms with Gasteiger partial charge < -0.3 is 25.3 Å². The third-order valence-corrected chi connectivity index (χ3v) is 2.83. The fourth-order valence-corrected chi connectivity index (χ4v) is 1.74. The molecule has 0 aliphatic heterocycles. The Morgan fingerprint density at radius 2 is 1.81 bits per heavy atom. The first-order valence-electron chi connectivity index (χ1n) is 6.94. The molecule has 0 spiro atoms. The van der Waals surface area contributed by atoms with Gasteiger partial charge in [-0.1, -0.05) is 0 Å². The number of benzene rings is 1. The monoisotopic (exact) mass is 296 g/mol. The predicted octanol–water partition coefficient (Wildman–Crippen LogP) is 0.987. The lowest BCUT2D eigenvalue weighted by Crippen LogP contribution is -2.28. The van der Waals surface area contributed by atoms with E-state index in [9.17, 15) is 4.79 Å². The molecule has 0 atom stereocenters. The Bertz CT molecular complexity index is 438. The van der Waals surface area contributed by atoms with E-state index in [0.29, 0.717) is 50.8 Å². The van der Waals surface area contributed by atoms with Gasteiger partial charge in [-0.05, 0) is 30.7 Å². The first-order valence-corrected chi connectivity index (χ1v) is 6.94. The molecule has 0 saturated heterocycles. The van der Waals surface area contributed by atoms with Crippen molar-refractivity contribution in [2.45, 2.75) is 6.92 Å². The highest BCUT2D eigenvalue weighted by Gasteiger charge is 2.07. The minimum absolute atomic E-state index is 0.118. The summed E-state index contributed by atoms with van der Waals surface area (Å²) < 4.78 is 15.4. The second-order valence-corrected chi connectivity index (χ2v) is 4.55. The summed E-state index contributed by atoms with van der Waals surface area (Å²) in [5.41, 5.74) is 7.80. The van der Waals surface area contributed by atoms with Crippen molar-refractivity contribution >= 4 is 11.6 Å². The Morgan fingerprint density at radius 1 is 1.14 bits per heavy atom. The number of hydrogen-bond donors (Lipinski definition) is 2. The lowest BCUT2D eigenvalue weighted by Gasteiger charge is -2.09. The molecule has 118 valence electrons. The molecule has 0 aliphatic carbocycles. The van der Waals surface area contributed by atoms with E-state index >= 15 is 0 Å². The molecular weight excluding hydrogens is 272 g/mol. The molecule has 0 saturated carbocycles. The number of hydrogen-bond acceptors (Lipinski definition) is 5. The molecule has 0 aromatic heterocycles. The number of nitrogens with one attached hydrogen (secondary N) is 1. The summed E-state index contributed by atoms with van der Waals surface area (Å²) in [6.45, 7) is 4.94. The first kappa shape index (κ1) is 17.4. The fraction of sp³-hybridized carbons (Fsp3) is 0.533. The van der Waals surface area contributed by atoms with Crippen LogP contribution < -0.4 is 11.1 Å². The standard InChI is InChI=1S/C15H24N2O4/c1-12-11-13(16)3-4-14(12)15(18)17-5-6-20-9-10-21-8-7-19-2/h3-4,11H,5-10,16H2,1-2H3,(H,17,18). The van der Waals surface area contributed by atoms with Crippen molar-refractivity contribution in [1.82, 2.24) is 5.32 Å². The van der Waals surface area contributed by atoms with Gasteiger partial charge in [-0.3, -0.25) is 4.79 Å². The Kier molecular flexibility index (Phi) is 8.42. The van der Waals surface area contributed by atoms with Crippen molar-refractivity contribution in [2.24, 2.45) is 0 Å². The van der Waals surface area contributed by atoms with E-state index in [0.717, 1.165) is 5.56 Å². The summed E-state index contributed by atoms with van der Waals surface area (Å²) in [6, 6.07) is 5.23. The zero-order valence-electron chi connectivity index (χ0n) is 12.7. The smallest absolute Gasteiger partial charge is 0.251 e. The summed E-state index contributed by atoms with van der Waals surface area (Å²) in [5.74, 6) is -0.118. The van der Waals surface area contributed by atoms with Gasteiger partial charge >= 0.3 is 0 Å². The SMILES string of the molecule is COCCOCCOCCNC(=O)c1ccc(N)cc1C. The summed E-state index contributed by atoms with van der Waals surface area (Å²) in [7, 11) is 1.63. The van der Waals surface area contributed by atoms with Gasteiger partial charge in [0.05, 0.1) is 33.0 Å². The molecule has 1 aromatic rings. The van der Waals surface area contributed by atoms with Crippen LogP contribution in [0.3, 0.4) is 0 Å². The molecule has 1 rings (SSSR count). The van der Waals surface area contributed by atoms with Gasteiger partial charge in [0.25, 0.3) is 5.91 Å². The zero-order valence-corrected chi connectivity index (χ0v) is 12.7. The van der Waals surface area contributed by atoms with Crippen LogP contribution in [-0.4, -0.2) is 52.6 Å². The number of nitrogens with two attached hydrogens (primary N) is 1. The van der Waals surface area contributed by atoms with Crippen LogP contribution in [0, 0.1) is 6.92 Å². The molecule has 0 unspecified atom stereocenters. The Balaban J connectivity index is 2.11. The Hall–Kier alpha value is -1.63. The fourth-order valence-electron chi connectivity index (χ4n) is 1.74. The van der Waals surface area contributed by atoms with Gasteiger partial charge in [0.15, 0.2) is 0 Å². The number of ether oxygens (including phenoxy) is 3. The summed E-state index contributed by atoms with van der Waals surface area (Å²) in [4.78, 5) is 11.9. The van der Waals surface area contributed by atoms with Crippen molar-refractivity contribution in [1.29, 1.82) is 0 Å². The first-order chi connectivity index (χ1) is 10.1. The van der Waals surface area contributed by atoms with Crippen LogP contribution in [0.4, 0.5) is 5.69 Å². The predicted molar refractivity (Wildman–Crippen MR) is 81.4 cm³/mol. The van der Waals surface area contributed by atoms with E-state index in [1.807, 2.05) is 6.92 Å². The summed E-state index contributed by atoms with van der Waals surface area (Å²) >= 11 is 0. The highest BCUT2D eigenvalue weighted by Crippen LogP contribution is 2.11. The average molecular weight is 296 g/mol. The molecule has 0 radical (unpaired) electrons.